The maximum Gasteiger partial charge on any atom is 0.303 e. The quantitative estimate of drug-likeness (QED) is 0.800. The van der Waals surface area contributed by atoms with Crippen molar-refractivity contribution in [3.05, 3.63) is 23.3 Å². The molecule has 0 atom stereocenters. The van der Waals surface area contributed by atoms with Crippen molar-refractivity contribution in [2.45, 2.75) is 51.0 Å². The van der Waals surface area contributed by atoms with Gasteiger partial charge in [-0.2, -0.15) is 0 Å². The maximum atomic E-state index is 12.6. The molecule has 0 fully saturated rings. The van der Waals surface area contributed by atoms with Crippen molar-refractivity contribution in [3.8, 4) is 5.75 Å². The number of benzene rings is 1. The Morgan fingerprint density at radius 2 is 1.86 bits per heavy atom. The molecule has 0 saturated carbocycles. The van der Waals surface area contributed by atoms with Crippen LogP contribution in [0.2, 0.25) is 0 Å². The molecule has 0 unspecified atom stereocenters. The van der Waals surface area contributed by atoms with Gasteiger partial charge in [0.2, 0.25) is 10.0 Å². The van der Waals surface area contributed by atoms with Crippen LogP contribution < -0.4 is 9.46 Å². The SMILES string of the molecule is COc1cc(C)c(S(=O)(=O)NC(C)(C)CCC(=O)O)cc1C. The number of methoxy groups -OCH3 is 1. The van der Waals surface area contributed by atoms with E-state index in [0.717, 1.165) is 5.56 Å². The Morgan fingerprint density at radius 1 is 1.27 bits per heavy atom. The number of ether oxygens (including phenoxy) is 1. The Kier molecular flexibility index (Phi) is 5.59. The van der Waals surface area contributed by atoms with E-state index >= 15 is 0 Å². The second kappa shape index (κ2) is 6.66. The monoisotopic (exact) mass is 329 g/mol. The lowest BCUT2D eigenvalue weighted by Crippen LogP contribution is -2.43. The smallest absolute Gasteiger partial charge is 0.303 e. The molecule has 0 aliphatic rings. The molecule has 0 radical (unpaired) electrons. The third-order valence-corrected chi connectivity index (χ3v) is 5.20. The second-order valence-electron chi connectivity index (χ2n) is 5.97. The molecule has 0 heterocycles. The molecular formula is C15H23NO5S. The van der Waals surface area contributed by atoms with Crippen LogP contribution >= 0.6 is 0 Å². The molecular weight excluding hydrogens is 306 g/mol. The number of sulfonamides is 1. The fourth-order valence-electron chi connectivity index (χ4n) is 2.16. The van der Waals surface area contributed by atoms with Crippen molar-refractivity contribution in [1.29, 1.82) is 0 Å². The summed E-state index contributed by atoms with van der Waals surface area (Å²) < 4.78 is 32.9. The van der Waals surface area contributed by atoms with Gasteiger partial charge in [0.05, 0.1) is 12.0 Å². The predicted octanol–water partition coefficient (Wildman–Crippen LogP) is 2.23. The Morgan fingerprint density at radius 3 is 2.36 bits per heavy atom. The first-order chi connectivity index (χ1) is 9.98. The Balaban J connectivity index is 3.09. The number of hydrogen-bond acceptors (Lipinski definition) is 4. The van der Waals surface area contributed by atoms with E-state index in [9.17, 15) is 13.2 Å². The Hall–Kier alpha value is -1.60. The molecule has 0 spiro atoms. The zero-order chi connectivity index (χ0) is 17.1. The normalized spacial score (nSPS) is 12.2. The zero-order valence-corrected chi connectivity index (χ0v) is 14.4. The van der Waals surface area contributed by atoms with Gasteiger partial charge in [0.1, 0.15) is 5.75 Å². The van der Waals surface area contributed by atoms with Crippen LogP contribution in [0.4, 0.5) is 0 Å². The van der Waals surface area contributed by atoms with E-state index in [1.165, 1.54) is 7.11 Å². The highest BCUT2D eigenvalue weighted by Crippen LogP contribution is 2.26. The fraction of sp³-hybridized carbons (Fsp3) is 0.533. The van der Waals surface area contributed by atoms with Crippen molar-refractivity contribution in [3.63, 3.8) is 0 Å². The van der Waals surface area contributed by atoms with Crippen LogP contribution in [0.1, 0.15) is 37.8 Å². The molecule has 6 nitrogen and oxygen atoms in total. The molecule has 7 heteroatoms. The summed E-state index contributed by atoms with van der Waals surface area (Å²) in [7, 11) is -2.21. The lowest BCUT2D eigenvalue weighted by atomic mass is 10.0. The van der Waals surface area contributed by atoms with Crippen LogP contribution in [-0.2, 0) is 14.8 Å². The van der Waals surface area contributed by atoms with Gasteiger partial charge in [-0.15, -0.1) is 0 Å². The number of hydrogen-bond donors (Lipinski definition) is 2. The zero-order valence-electron chi connectivity index (χ0n) is 13.6. The van der Waals surface area contributed by atoms with Crippen molar-refractivity contribution in [2.75, 3.05) is 7.11 Å². The minimum absolute atomic E-state index is 0.101. The molecule has 1 aromatic carbocycles. The van der Waals surface area contributed by atoms with Crippen molar-refractivity contribution < 1.29 is 23.1 Å². The van der Waals surface area contributed by atoms with E-state index in [0.29, 0.717) is 11.3 Å². The van der Waals surface area contributed by atoms with Gasteiger partial charge < -0.3 is 9.84 Å². The van der Waals surface area contributed by atoms with Crippen LogP contribution in [0.5, 0.6) is 5.75 Å². The molecule has 0 amide bonds. The van der Waals surface area contributed by atoms with E-state index in [1.54, 1.807) is 39.8 Å². The van der Waals surface area contributed by atoms with Gasteiger partial charge in [0.25, 0.3) is 0 Å². The molecule has 1 rings (SSSR count). The highest BCUT2D eigenvalue weighted by atomic mass is 32.2. The maximum absolute atomic E-state index is 12.6. The largest absolute Gasteiger partial charge is 0.496 e. The van der Waals surface area contributed by atoms with E-state index in [4.69, 9.17) is 9.84 Å². The third-order valence-electron chi connectivity index (χ3n) is 3.36. The van der Waals surface area contributed by atoms with E-state index in [-0.39, 0.29) is 17.7 Å². The minimum Gasteiger partial charge on any atom is -0.496 e. The highest BCUT2D eigenvalue weighted by molar-refractivity contribution is 7.89. The summed E-state index contributed by atoms with van der Waals surface area (Å²) >= 11 is 0. The van der Waals surface area contributed by atoms with Gasteiger partial charge in [0, 0.05) is 12.0 Å². The Labute approximate surface area is 131 Å². The first-order valence-electron chi connectivity index (χ1n) is 6.89. The molecule has 124 valence electrons. The van der Waals surface area contributed by atoms with Crippen LogP contribution in [0.25, 0.3) is 0 Å². The van der Waals surface area contributed by atoms with Gasteiger partial charge in [0.15, 0.2) is 0 Å². The van der Waals surface area contributed by atoms with Gasteiger partial charge >= 0.3 is 5.97 Å². The molecule has 0 aliphatic carbocycles. The molecule has 1 aromatic rings. The van der Waals surface area contributed by atoms with Crippen molar-refractivity contribution >= 4 is 16.0 Å². The van der Waals surface area contributed by atoms with E-state index < -0.39 is 21.5 Å². The van der Waals surface area contributed by atoms with Gasteiger partial charge in [-0.1, -0.05) is 0 Å². The van der Waals surface area contributed by atoms with Gasteiger partial charge in [-0.25, -0.2) is 13.1 Å². The van der Waals surface area contributed by atoms with Crippen LogP contribution in [-0.4, -0.2) is 32.1 Å². The average molecular weight is 329 g/mol. The van der Waals surface area contributed by atoms with Crippen molar-refractivity contribution in [2.24, 2.45) is 0 Å². The first-order valence-corrected chi connectivity index (χ1v) is 8.38. The summed E-state index contributed by atoms with van der Waals surface area (Å²) in [6.07, 6.45) is 0.103. The molecule has 0 bridgehead atoms. The summed E-state index contributed by atoms with van der Waals surface area (Å²) in [5, 5.41) is 8.74. The molecule has 0 aliphatic heterocycles. The average Bonchev–Trinajstić information content (AvgIpc) is 2.37. The number of aliphatic carboxylic acids is 1. The first kappa shape index (κ1) is 18.4. The number of rotatable bonds is 7. The lowest BCUT2D eigenvalue weighted by molar-refractivity contribution is -0.137. The van der Waals surface area contributed by atoms with Gasteiger partial charge in [-0.05, 0) is 57.4 Å². The topological polar surface area (TPSA) is 92.7 Å². The molecule has 2 N–H and O–H groups in total. The predicted molar refractivity (Wildman–Crippen MR) is 83.7 cm³/mol. The van der Waals surface area contributed by atoms with Crippen molar-refractivity contribution in [1.82, 2.24) is 4.72 Å². The number of aryl methyl sites for hydroxylation is 2. The summed E-state index contributed by atoms with van der Waals surface area (Å²) in [6, 6.07) is 3.23. The highest BCUT2D eigenvalue weighted by Gasteiger charge is 2.28. The lowest BCUT2D eigenvalue weighted by Gasteiger charge is -2.26. The molecule has 0 aromatic heterocycles. The summed E-state index contributed by atoms with van der Waals surface area (Å²) in [4.78, 5) is 10.8. The molecule has 22 heavy (non-hydrogen) atoms. The van der Waals surface area contributed by atoms with Crippen LogP contribution in [0.3, 0.4) is 0 Å². The minimum atomic E-state index is -3.74. The number of carboxylic acid groups (broad SMARTS) is 1. The summed E-state index contributed by atoms with van der Waals surface area (Å²) in [6.45, 7) is 6.80. The van der Waals surface area contributed by atoms with Crippen LogP contribution in [0.15, 0.2) is 17.0 Å². The number of carboxylic acids is 1. The van der Waals surface area contributed by atoms with Gasteiger partial charge in [-0.3, -0.25) is 4.79 Å². The Bertz CT molecular complexity index is 665. The fourth-order valence-corrected chi connectivity index (χ4v) is 3.92. The van der Waals surface area contributed by atoms with E-state index in [2.05, 4.69) is 4.72 Å². The second-order valence-corrected chi connectivity index (χ2v) is 7.62. The van der Waals surface area contributed by atoms with Crippen LogP contribution in [0, 0.1) is 13.8 Å². The summed E-state index contributed by atoms with van der Waals surface area (Å²) in [5.41, 5.74) is 0.443. The number of carbonyl (C=O) groups is 1. The summed E-state index contributed by atoms with van der Waals surface area (Å²) in [5.74, 6) is -0.328. The number of nitrogens with one attached hydrogen (secondary N) is 1. The third kappa shape index (κ3) is 4.71. The van der Waals surface area contributed by atoms with E-state index in [1.807, 2.05) is 0 Å². The standard InChI is InChI=1S/C15H23NO5S/c1-10-9-13(11(2)8-12(10)21-5)22(19,20)16-15(3,4)7-6-14(17)18/h8-9,16H,6-7H2,1-5H3,(H,17,18). The molecule has 0 saturated heterocycles.